The first kappa shape index (κ1) is 13.6. The summed E-state index contributed by atoms with van der Waals surface area (Å²) in [5, 5.41) is 0. The number of hydrogen-bond donors (Lipinski definition) is 0. The van der Waals surface area contributed by atoms with Crippen LogP contribution in [0, 0.1) is 25.7 Å². The highest BCUT2D eigenvalue weighted by atomic mass is 15.3. The average Bonchev–Trinajstić information content (AvgIpc) is 3.13. The molecule has 0 N–H and O–H groups in total. The Hall–Kier alpha value is -1.02. The Morgan fingerprint density at radius 1 is 0.952 bits per heavy atom. The molecule has 1 aromatic carbocycles. The molecule has 1 heterocycles. The summed E-state index contributed by atoms with van der Waals surface area (Å²) in [6.45, 7) is 9.39. The smallest absolute Gasteiger partial charge is 0.0399 e. The quantitative estimate of drug-likeness (QED) is 0.818. The van der Waals surface area contributed by atoms with Crippen LogP contribution in [0.15, 0.2) is 18.2 Å². The third-order valence-electron chi connectivity index (χ3n) is 6.19. The molecule has 4 rings (SSSR count). The fourth-order valence-corrected chi connectivity index (χ4v) is 5.01. The van der Waals surface area contributed by atoms with Gasteiger partial charge in [0.05, 0.1) is 0 Å². The van der Waals surface area contributed by atoms with Gasteiger partial charge in [0.15, 0.2) is 0 Å². The summed E-state index contributed by atoms with van der Waals surface area (Å²) in [6, 6.07) is 7.78. The molecule has 0 spiro atoms. The molecule has 3 aliphatic rings. The molecule has 114 valence electrons. The monoisotopic (exact) mass is 284 g/mol. The molecule has 3 fully saturated rings. The minimum absolute atomic E-state index is 0.921. The van der Waals surface area contributed by atoms with Crippen LogP contribution in [0.1, 0.15) is 36.8 Å². The molecule has 2 nitrogen and oxygen atoms in total. The van der Waals surface area contributed by atoms with Gasteiger partial charge in [-0.15, -0.1) is 0 Å². The second kappa shape index (κ2) is 5.31. The Kier molecular flexibility index (Phi) is 3.45. The van der Waals surface area contributed by atoms with Crippen molar-refractivity contribution in [2.24, 2.45) is 11.8 Å². The molecule has 1 saturated heterocycles. The lowest BCUT2D eigenvalue weighted by Gasteiger charge is -2.42. The number of hydrogen-bond acceptors (Lipinski definition) is 2. The van der Waals surface area contributed by atoms with Gasteiger partial charge >= 0.3 is 0 Å². The lowest BCUT2D eigenvalue weighted by molar-refractivity contribution is 0.135. The standard InChI is InChI=1S/C19H28N2/c1-14-3-4-15(2)18(11-14)20-7-9-21(10-8-20)19-13-16-5-6-17(19)12-16/h3-4,11,16-17,19H,5-10,12-13H2,1-2H3/t16-,17-,19-/m0/s1. The highest BCUT2D eigenvalue weighted by Crippen LogP contribution is 2.46. The van der Waals surface area contributed by atoms with Crippen molar-refractivity contribution in [3.05, 3.63) is 29.3 Å². The van der Waals surface area contributed by atoms with Gasteiger partial charge in [0.2, 0.25) is 0 Å². The molecule has 2 saturated carbocycles. The molecule has 0 amide bonds. The van der Waals surface area contributed by atoms with Crippen molar-refractivity contribution in [2.75, 3.05) is 31.1 Å². The Bertz CT molecular complexity index is 516. The zero-order valence-electron chi connectivity index (χ0n) is 13.5. The van der Waals surface area contributed by atoms with E-state index in [-0.39, 0.29) is 0 Å². The molecule has 0 radical (unpaired) electrons. The molecule has 0 aromatic heterocycles. The van der Waals surface area contributed by atoms with Gasteiger partial charge in [-0.1, -0.05) is 18.6 Å². The maximum absolute atomic E-state index is 2.81. The Balaban J connectivity index is 1.41. The van der Waals surface area contributed by atoms with Crippen LogP contribution in [0.3, 0.4) is 0 Å². The van der Waals surface area contributed by atoms with Gasteiger partial charge in [0, 0.05) is 37.9 Å². The molecule has 2 aliphatic carbocycles. The van der Waals surface area contributed by atoms with Crippen LogP contribution in [0.4, 0.5) is 5.69 Å². The van der Waals surface area contributed by atoms with Crippen LogP contribution >= 0.6 is 0 Å². The summed E-state index contributed by atoms with van der Waals surface area (Å²) in [5.41, 5.74) is 4.27. The zero-order chi connectivity index (χ0) is 14.4. The summed E-state index contributed by atoms with van der Waals surface area (Å²) in [6.07, 6.45) is 6.05. The SMILES string of the molecule is Cc1ccc(C)c(N2CCN([C@H]3C[C@H]4CC[C@H]3C4)CC2)c1. The number of aryl methyl sites for hydroxylation is 2. The van der Waals surface area contributed by atoms with E-state index in [4.69, 9.17) is 0 Å². The number of nitrogens with zero attached hydrogens (tertiary/aromatic N) is 2. The number of fused-ring (bicyclic) bond motifs is 2. The zero-order valence-corrected chi connectivity index (χ0v) is 13.5. The summed E-state index contributed by atoms with van der Waals surface area (Å²) < 4.78 is 0. The maximum atomic E-state index is 2.81. The topological polar surface area (TPSA) is 6.48 Å². The number of piperazine rings is 1. The molecule has 2 heteroatoms. The van der Waals surface area contributed by atoms with E-state index < -0.39 is 0 Å². The van der Waals surface area contributed by atoms with Crippen molar-refractivity contribution < 1.29 is 0 Å². The van der Waals surface area contributed by atoms with Crippen molar-refractivity contribution in [2.45, 2.75) is 45.6 Å². The van der Waals surface area contributed by atoms with Crippen LogP contribution in [0.5, 0.6) is 0 Å². The van der Waals surface area contributed by atoms with E-state index in [1.165, 1.54) is 68.7 Å². The number of benzene rings is 1. The van der Waals surface area contributed by atoms with Crippen LogP contribution < -0.4 is 4.90 Å². The first-order chi connectivity index (χ1) is 10.2. The largest absolute Gasteiger partial charge is 0.369 e. The van der Waals surface area contributed by atoms with E-state index in [9.17, 15) is 0 Å². The second-order valence-corrected chi connectivity index (χ2v) is 7.56. The molecule has 1 aromatic rings. The van der Waals surface area contributed by atoms with E-state index >= 15 is 0 Å². The van der Waals surface area contributed by atoms with Gasteiger partial charge in [-0.25, -0.2) is 0 Å². The van der Waals surface area contributed by atoms with E-state index in [0.717, 1.165) is 17.9 Å². The van der Waals surface area contributed by atoms with Gasteiger partial charge in [-0.2, -0.15) is 0 Å². The van der Waals surface area contributed by atoms with Crippen molar-refractivity contribution in [1.82, 2.24) is 4.90 Å². The van der Waals surface area contributed by atoms with Gasteiger partial charge < -0.3 is 4.90 Å². The number of rotatable bonds is 2. The van der Waals surface area contributed by atoms with Crippen molar-refractivity contribution >= 4 is 5.69 Å². The van der Waals surface area contributed by atoms with E-state index in [0.29, 0.717) is 0 Å². The molecule has 3 atom stereocenters. The highest BCUT2D eigenvalue weighted by Gasteiger charge is 2.42. The van der Waals surface area contributed by atoms with Crippen LogP contribution in [0.2, 0.25) is 0 Å². The predicted molar refractivity (Wildman–Crippen MR) is 88.9 cm³/mol. The summed E-state index contributed by atoms with van der Waals surface area (Å²) in [4.78, 5) is 5.41. The van der Waals surface area contributed by atoms with Gasteiger partial charge in [0.1, 0.15) is 0 Å². The number of anilines is 1. The lowest BCUT2D eigenvalue weighted by atomic mass is 9.93. The van der Waals surface area contributed by atoms with Crippen molar-refractivity contribution in [3.8, 4) is 0 Å². The third-order valence-corrected chi connectivity index (χ3v) is 6.19. The van der Waals surface area contributed by atoms with E-state index in [1.54, 1.807) is 0 Å². The Morgan fingerprint density at radius 3 is 2.43 bits per heavy atom. The lowest BCUT2D eigenvalue weighted by Crippen LogP contribution is -2.51. The van der Waals surface area contributed by atoms with Crippen molar-refractivity contribution in [3.63, 3.8) is 0 Å². The van der Waals surface area contributed by atoms with Gasteiger partial charge in [-0.3, -0.25) is 4.90 Å². The van der Waals surface area contributed by atoms with Crippen LogP contribution in [0.25, 0.3) is 0 Å². The summed E-state index contributed by atoms with van der Waals surface area (Å²) in [5.74, 6) is 2.10. The maximum Gasteiger partial charge on any atom is 0.0399 e. The van der Waals surface area contributed by atoms with Gasteiger partial charge in [0.25, 0.3) is 0 Å². The fourth-order valence-electron chi connectivity index (χ4n) is 5.01. The van der Waals surface area contributed by atoms with Crippen LogP contribution in [-0.2, 0) is 0 Å². The second-order valence-electron chi connectivity index (χ2n) is 7.56. The Labute approximate surface area is 129 Å². The minimum atomic E-state index is 0.921. The first-order valence-electron chi connectivity index (χ1n) is 8.77. The molecule has 21 heavy (non-hydrogen) atoms. The minimum Gasteiger partial charge on any atom is -0.369 e. The molecular weight excluding hydrogens is 256 g/mol. The summed E-state index contributed by atoms with van der Waals surface area (Å²) in [7, 11) is 0. The van der Waals surface area contributed by atoms with E-state index in [2.05, 4.69) is 41.8 Å². The summed E-state index contributed by atoms with van der Waals surface area (Å²) >= 11 is 0. The normalized spacial score (nSPS) is 32.9. The molecular formula is C19H28N2. The molecule has 2 bridgehead atoms. The van der Waals surface area contributed by atoms with Crippen LogP contribution in [-0.4, -0.2) is 37.1 Å². The van der Waals surface area contributed by atoms with E-state index in [1.807, 2.05) is 0 Å². The molecule has 0 unspecified atom stereocenters. The predicted octanol–water partition coefficient (Wildman–Crippen LogP) is 3.61. The van der Waals surface area contributed by atoms with Gasteiger partial charge in [-0.05, 0) is 62.1 Å². The average molecular weight is 284 g/mol. The molecule has 1 aliphatic heterocycles. The Morgan fingerprint density at radius 2 is 1.76 bits per heavy atom. The van der Waals surface area contributed by atoms with Crippen molar-refractivity contribution in [1.29, 1.82) is 0 Å². The third kappa shape index (κ3) is 2.48. The first-order valence-corrected chi connectivity index (χ1v) is 8.77. The fraction of sp³-hybridized carbons (Fsp3) is 0.684. The highest BCUT2D eigenvalue weighted by molar-refractivity contribution is 5.55.